The molecule has 0 radical (unpaired) electrons. The lowest BCUT2D eigenvalue weighted by molar-refractivity contribution is -0.115. The Hall–Kier alpha value is -2.92. The Balaban J connectivity index is 1.53. The van der Waals surface area contributed by atoms with Crippen molar-refractivity contribution < 1.29 is 14.3 Å². The number of para-hydroxylation sites is 1. The van der Waals surface area contributed by atoms with E-state index >= 15 is 0 Å². The third-order valence-corrected chi connectivity index (χ3v) is 5.65. The zero-order chi connectivity index (χ0) is 19.3. The summed E-state index contributed by atoms with van der Waals surface area (Å²) in [5.74, 6) is 2.97. The lowest BCUT2D eigenvalue weighted by atomic mass is 10.1. The molecular weight excluding hydrogens is 370 g/mol. The van der Waals surface area contributed by atoms with Crippen molar-refractivity contribution in [2.45, 2.75) is 12.3 Å². The first kappa shape index (κ1) is 18.4. The highest BCUT2D eigenvalue weighted by Crippen LogP contribution is 2.42. The maximum Gasteiger partial charge on any atom is 0.238 e. The zero-order valence-corrected chi connectivity index (χ0v) is 16.4. The van der Waals surface area contributed by atoms with Crippen LogP contribution in [0.15, 0.2) is 78.9 Å². The quantitative estimate of drug-likeness (QED) is 0.544. The summed E-state index contributed by atoms with van der Waals surface area (Å²) in [5, 5.41) is -0.0452. The maximum atomic E-state index is 12.5. The van der Waals surface area contributed by atoms with E-state index in [4.69, 9.17) is 9.47 Å². The van der Waals surface area contributed by atoms with Gasteiger partial charge in [-0.25, -0.2) is 0 Å². The van der Waals surface area contributed by atoms with Gasteiger partial charge in [0.2, 0.25) is 5.91 Å². The van der Waals surface area contributed by atoms with Gasteiger partial charge in [-0.05, 0) is 61.0 Å². The molecule has 1 atom stereocenters. The normalized spacial score (nSPS) is 16.2. The summed E-state index contributed by atoms with van der Waals surface area (Å²) in [6.07, 6.45) is 0. The maximum absolute atomic E-state index is 12.5. The number of rotatable bonds is 6. The van der Waals surface area contributed by atoms with Crippen LogP contribution in [-0.4, -0.2) is 18.3 Å². The molecule has 1 fully saturated rings. The number of thioether (sulfide) groups is 1. The van der Waals surface area contributed by atoms with Crippen LogP contribution >= 0.6 is 11.8 Å². The highest BCUT2D eigenvalue weighted by molar-refractivity contribution is 8.00. The van der Waals surface area contributed by atoms with Crippen LogP contribution in [0.25, 0.3) is 0 Å². The molecule has 3 aromatic carbocycles. The Morgan fingerprint density at radius 2 is 1.54 bits per heavy atom. The number of ether oxygens (including phenoxy) is 2. The fourth-order valence-electron chi connectivity index (χ4n) is 3.14. The van der Waals surface area contributed by atoms with Crippen molar-refractivity contribution in [3.63, 3.8) is 0 Å². The second kappa shape index (κ2) is 8.40. The van der Waals surface area contributed by atoms with Gasteiger partial charge >= 0.3 is 0 Å². The van der Waals surface area contributed by atoms with E-state index in [2.05, 4.69) is 0 Å². The molecule has 5 heteroatoms. The van der Waals surface area contributed by atoms with Crippen LogP contribution in [0.3, 0.4) is 0 Å². The Kier molecular flexibility index (Phi) is 5.53. The predicted molar refractivity (Wildman–Crippen MR) is 113 cm³/mol. The van der Waals surface area contributed by atoms with Gasteiger partial charge in [-0.2, -0.15) is 0 Å². The van der Waals surface area contributed by atoms with Crippen LogP contribution in [0.1, 0.15) is 17.9 Å². The molecule has 0 unspecified atom stereocenters. The summed E-state index contributed by atoms with van der Waals surface area (Å²) >= 11 is 1.64. The van der Waals surface area contributed by atoms with Gasteiger partial charge in [-0.3, -0.25) is 9.69 Å². The average Bonchev–Trinajstić information content (AvgIpc) is 3.12. The third-order valence-electron chi connectivity index (χ3n) is 4.44. The third kappa shape index (κ3) is 3.99. The molecule has 4 rings (SSSR count). The van der Waals surface area contributed by atoms with Crippen LogP contribution in [-0.2, 0) is 4.79 Å². The number of carbonyl (C=O) groups is 1. The summed E-state index contributed by atoms with van der Waals surface area (Å²) in [6, 6.07) is 25.3. The van der Waals surface area contributed by atoms with Crippen LogP contribution in [0.5, 0.6) is 17.2 Å². The van der Waals surface area contributed by atoms with Gasteiger partial charge in [-0.15, -0.1) is 11.8 Å². The molecule has 1 aliphatic rings. The number of amides is 1. The summed E-state index contributed by atoms with van der Waals surface area (Å²) < 4.78 is 11.4. The van der Waals surface area contributed by atoms with Gasteiger partial charge in [0.15, 0.2) is 0 Å². The lowest BCUT2D eigenvalue weighted by Gasteiger charge is -2.24. The fraction of sp³-hybridized carbons (Fsp3) is 0.174. The van der Waals surface area contributed by atoms with Crippen LogP contribution in [0, 0.1) is 0 Å². The minimum atomic E-state index is -0.0452. The monoisotopic (exact) mass is 391 g/mol. The average molecular weight is 391 g/mol. The van der Waals surface area contributed by atoms with Gasteiger partial charge in [-0.1, -0.05) is 30.3 Å². The lowest BCUT2D eigenvalue weighted by Crippen LogP contribution is -2.27. The van der Waals surface area contributed by atoms with E-state index in [9.17, 15) is 4.79 Å². The Labute approximate surface area is 169 Å². The molecule has 0 aromatic heterocycles. The summed E-state index contributed by atoms with van der Waals surface area (Å²) in [6.45, 7) is 2.58. The predicted octanol–water partition coefficient (Wildman–Crippen LogP) is 5.66. The second-order valence-electron chi connectivity index (χ2n) is 6.34. The molecule has 1 aliphatic heterocycles. The number of hydrogen-bond donors (Lipinski definition) is 0. The van der Waals surface area contributed by atoms with Crippen molar-refractivity contribution in [2.75, 3.05) is 17.3 Å². The molecule has 142 valence electrons. The van der Waals surface area contributed by atoms with E-state index < -0.39 is 0 Å². The summed E-state index contributed by atoms with van der Waals surface area (Å²) in [7, 11) is 0. The van der Waals surface area contributed by atoms with E-state index in [0.717, 1.165) is 28.5 Å². The minimum Gasteiger partial charge on any atom is -0.494 e. The Bertz CT molecular complexity index is 926. The molecule has 28 heavy (non-hydrogen) atoms. The van der Waals surface area contributed by atoms with Crippen LogP contribution < -0.4 is 14.4 Å². The first-order valence-corrected chi connectivity index (χ1v) is 10.3. The van der Waals surface area contributed by atoms with Gasteiger partial charge in [0, 0.05) is 5.69 Å². The van der Waals surface area contributed by atoms with Crippen LogP contribution in [0.2, 0.25) is 0 Å². The fourth-order valence-corrected chi connectivity index (χ4v) is 4.32. The van der Waals surface area contributed by atoms with Gasteiger partial charge in [0.1, 0.15) is 22.6 Å². The Morgan fingerprint density at radius 1 is 0.893 bits per heavy atom. The standard InChI is InChI=1S/C23H21NO3S/c1-2-26-19-14-10-18(11-15-19)24-22(25)16-28-23(24)17-8-12-21(13-9-17)27-20-6-4-3-5-7-20/h3-15,23H,2,16H2,1H3/t23-/m0/s1. The van der Waals surface area contributed by atoms with Crippen molar-refractivity contribution >= 4 is 23.4 Å². The number of carbonyl (C=O) groups excluding carboxylic acids is 1. The van der Waals surface area contributed by atoms with E-state index in [1.807, 2.05) is 90.7 Å². The van der Waals surface area contributed by atoms with Gasteiger partial charge in [0.25, 0.3) is 0 Å². The minimum absolute atomic E-state index is 0.0452. The number of hydrogen-bond acceptors (Lipinski definition) is 4. The van der Waals surface area contributed by atoms with Crippen LogP contribution in [0.4, 0.5) is 5.69 Å². The van der Waals surface area contributed by atoms with E-state index in [1.54, 1.807) is 11.8 Å². The van der Waals surface area contributed by atoms with Crippen molar-refractivity contribution in [2.24, 2.45) is 0 Å². The zero-order valence-electron chi connectivity index (χ0n) is 15.6. The number of anilines is 1. The first-order valence-electron chi connectivity index (χ1n) is 9.24. The Morgan fingerprint density at radius 3 is 2.21 bits per heavy atom. The number of nitrogens with zero attached hydrogens (tertiary/aromatic N) is 1. The molecule has 1 saturated heterocycles. The molecule has 1 heterocycles. The second-order valence-corrected chi connectivity index (χ2v) is 7.41. The molecular formula is C23H21NO3S. The van der Waals surface area contributed by atoms with E-state index in [0.29, 0.717) is 12.4 Å². The highest BCUT2D eigenvalue weighted by Gasteiger charge is 2.34. The molecule has 4 nitrogen and oxygen atoms in total. The summed E-state index contributed by atoms with van der Waals surface area (Å²) in [4.78, 5) is 14.4. The molecule has 0 spiro atoms. The molecule has 0 saturated carbocycles. The topological polar surface area (TPSA) is 38.8 Å². The molecule has 0 aliphatic carbocycles. The molecule has 3 aromatic rings. The van der Waals surface area contributed by atoms with E-state index in [-0.39, 0.29) is 11.3 Å². The number of benzene rings is 3. The largest absolute Gasteiger partial charge is 0.494 e. The summed E-state index contributed by atoms with van der Waals surface area (Å²) in [5.41, 5.74) is 1.96. The van der Waals surface area contributed by atoms with Gasteiger partial charge in [0.05, 0.1) is 12.4 Å². The smallest absolute Gasteiger partial charge is 0.238 e. The highest BCUT2D eigenvalue weighted by atomic mass is 32.2. The van der Waals surface area contributed by atoms with E-state index in [1.165, 1.54) is 0 Å². The molecule has 0 bridgehead atoms. The first-order chi connectivity index (χ1) is 13.7. The van der Waals surface area contributed by atoms with Crippen molar-refractivity contribution in [1.29, 1.82) is 0 Å². The SMILES string of the molecule is CCOc1ccc(N2C(=O)CS[C@H]2c2ccc(Oc3ccccc3)cc2)cc1. The van der Waals surface area contributed by atoms with Gasteiger partial charge < -0.3 is 9.47 Å². The van der Waals surface area contributed by atoms with Crippen molar-refractivity contribution in [1.82, 2.24) is 0 Å². The van der Waals surface area contributed by atoms with Crippen molar-refractivity contribution in [3.05, 3.63) is 84.4 Å². The van der Waals surface area contributed by atoms with Crippen molar-refractivity contribution in [3.8, 4) is 17.2 Å². The molecule has 0 N–H and O–H groups in total. The molecule has 1 amide bonds.